The highest BCUT2D eigenvalue weighted by Gasteiger charge is 2.85. The van der Waals surface area contributed by atoms with Gasteiger partial charge in [-0.3, -0.25) is 0 Å². The first-order valence-corrected chi connectivity index (χ1v) is 26.9. The maximum absolute atomic E-state index is 5.16. The Hall–Kier alpha value is -8.67. The van der Waals surface area contributed by atoms with Crippen molar-refractivity contribution >= 4 is 49.3 Å². The van der Waals surface area contributed by atoms with Gasteiger partial charge in [-0.25, -0.2) is 15.0 Å². The lowest BCUT2D eigenvalue weighted by molar-refractivity contribution is 0.583. The molecule has 6 unspecified atom stereocenters. The second-order valence-corrected chi connectivity index (χ2v) is 22.8. The maximum Gasteiger partial charge on any atom is 0.164 e. The number of fused-ring (bicyclic) bond motifs is 15. The lowest BCUT2D eigenvalue weighted by Gasteiger charge is -2.22. The first-order chi connectivity index (χ1) is 36.8. The number of benzene rings is 8. The van der Waals surface area contributed by atoms with E-state index in [1.54, 1.807) is 0 Å². The van der Waals surface area contributed by atoms with E-state index in [0.717, 1.165) is 28.8 Å². The Morgan fingerprint density at radius 3 is 1.87 bits per heavy atom. The van der Waals surface area contributed by atoms with Crippen molar-refractivity contribution < 1.29 is 0 Å². The van der Waals surface area contributed by atoms with E-state index in [1.165, 1.54) is 93.8 Å². The van der Waals surface area contributed by atoms with Gasteiger partial charge in [0.15, 0.2) is 17.5 Å². The molecule has 0 N–H and O–H groups in total. The first kappa shape index (κ1) is 41.8. The molecule has 0 amide bonds. The number of hydrogen-bond acceptors (Lipinski definition) is 3. The Labute approximate surface area is 435 Å². The molecule has 2 fully saturated rings. The fraction of sp³-hybridized carbons (Fsp3) is 0.157. The molecule has 3 heterocycles. The summed E-state index contributed by atoms with van der Waals surface area (Å²) >= 11 is 0. The molecule has 6 atom stereocenters. The Kier molecular flexibility index (Phi) is 8.22. The molecule has 0 radical (unpaired) electrons. The molecule has 2 bridgehead atoms. The molecular formula is C70H51N5. The van der Waals surface area contributed by atoms with Crippen molar-refractivity contribution in [2.75, 3.05) is 0 Å². The van der Waals surface area contributed by atoms with Crippen molar-refractivity contribution in [2.45, 2.75) is 44.4 Å². The fourth-order valence-electron chi connectivity index (χ4n) is 14.6. The lowest BCUT2D eigenvalue weighted by Crippen LogP contribution is -2.15. The lowest BCUT2D eigenvalue weighted by atomic mass is 9.82. The summed E-state index contributed by atoms with van der Waals surface area (Å²) in [7, 11) is 0. The van der Waals surface area contributed by atoms with E-state index in [-0.39, 0.29) is 11.3 Å². The van der Waals surface area contributed by atoms with Gasteiger partial charge in [0.1, 0.15) is 0 Å². The van der Waals surface area contributed by atoms with Crippen LogP contribution in [0.1, 0.15) is 61.3 Å². The molecule has 3 aromatic heterocycles. The first-order valence-electron chi connectivity index (χ1n) is 26.9. The van der Waals surface area contributed by atoms with Crippen LogP contribution in [-0.4, -0.2) is 24.1 Å². The number of nitrogens with zero attached hydrogens (tertiary/aromatic N) is 5. The van der Waals surface area contributed by atoms with Gasteiger partial charge in [0.25, 0.3) is 0 Å². The van der Waals surface area contributed by atoms with Gasteiger partial charge in [0.05, 0.1) is 22.1 Å². The van der Waals surface area contributed by atoms with Gasteiger partial charge in [-0.15, -0.1) is 0 Å². The van der Waals surface area contributed by atoms with Crippen LogP contribution in [0.5, 0.6) is 0 Å². The third kappa shape index (κ3) is 5.76. The third-order valence-electron chi connectivity index (χ3n) is 18.4. The van der Waals surface area contributed by atoms with Crippen molar-refractivity contribution in [3.63, 3.8) is 0 Å². The molecule has 75 heavy (non-hydrogen) atoms. The largest absolute Gasteiger partial charge is 0.310 e. The normalized spacial score (nSPS) is 22.8. The molecular weight excluding hydrogens is 911 g/mol. The zero-order chi connectivity index (χ0) is 49.5. The molecule has 17 rings (SSSR count). The van der Waals surface area contributed by atoms with Crippen molar-refractivity contribution in [1.29, 1.82) is 0 Å². The van der Waals surface area contributed by atoms with Crippen LogP contribution >= 0.6 is 0 Å². The average molecular weight is 962 g/mol. The molecule has 5 heteroatoms. The van der Waals surface area contributed by atoms with E-state index in [1.807, 2.05) is 36.4 Å². The average Bonchev–Trinajstić information content (AvgIpc) is 4.29. The van der Waals surface area contributed by atoms with Crippen LogP contribution in [0.4, 0.5) is 0 Å². The van der Waals surface area contributed by atoms with Crippen LogP contribution < -0.4 is 0 Å². The van der Waals surface area contributed by atoms with Crippen molar-refractivity contribution in [2.24, 2.45) is 23.2 Å². The van der Waals surface area contributed by atoms with E-state index in [0.29, 0.717) is 46.6 Å². The fourth-order valence-corrected chi connectivity index (χ4v) is 14.6. The van der Waals surface area contributed by atoms with Crippen molar-refractivity contribution in [3.8, 4) is 62.1 Å². The van der Waals surface area contributed by atoms with Crippen LogP contribution in [0.2, 0.25) is 0 Å². The summed E-state index contributed by atoms with van der Waals surface area (Å²) in [5.41, 5.74) is 21.2. The van der Waals surface area contributed by atoms with Gasteiger partial charge in [0, 0.05) is 66.4 Å². The van der Waals surface area contributed by atoms with Crippen LogP contribution in [0.15, 0.2) is 212 Å². The number of allylic oxidation sites excluding steroid dienone is 8. The summed E-state index contributed by atoms with van der Waals surface area (Å²) in [6.45, 7) is 7.10. The molecule has 0 saturated heterocycles. The van der Waals surface area contributed by atoms with Crippen LogP contribution in [0.3, 0.4) is 0 Å². The van der Waals surface area contributed by atoms with Gasteiger partial charge in [0.2, 0.25) is 0 Å². The minimum absolute atomic E-state index is 0.0953. The Balaban J connectivity index is 0.866. The number of hydrogen-bond donors (Lipinski definition) is 0. The molecule has 5 nitrogen and oxygen atoms in total. The number of aromatic nitrogens is 5. The predicted octanol–water partition coefficient (Wildman–Crippen LogP) is 17.0. The van der Waals surface area contributed by atoms with Gasteiger partial charge >= 0.3 is 0 Å². The summed E-state index contributed by atoms with van der Waals surface area (Å²) in [6.07, 6.45) is 18.3. The molecule has 0 aliphatic heterocycles. The molecule has 1 spiro atoms. The predicted molar refractivity (Wildman–Crippen MR) is 307 cm³/mol. The zero-order valence-corrected chi connectivity index (χ0v) is 42.0. The van der Waals surface area contributed by atoms with Crippen molar-refractivity contribution in [3.05, 3.63) is 235 Å². The summed E-state index contributed by atoms with van der Waals surface area (Å²) in [5, 5.41) is 5.10. The molecule has 8 aromatic carbocycles. The zero-order valence-electron chi connectivity index (χ0n) is 42.0. The minimum Gasteiger partial charge on any atom is -0.310 e. The smallest absolute Gasteiger partial charge is 0.164 e. The Bertz CT molecular complexity index is 4410. The second-order valence-electron chi connectivity index (χ2n) is 22.8. The van der Waals surface area contributed by atoms with Gasteiger partial charge < -0.3 is 9.13 Å². The monoisotopic (exact) mass is 961 g/mol. The topological polar surface area (TPSA) is 48.5 Å². The molecule has 6 aliphatic carbocycles. The van der Waals surface area contributed by atoms with E-state index in [4.69, 9.17) is 15.0 Å². The van der Waals surface area contributed by atoms with E-state index < -0.39 is 0 Å². The SMILES string of the molecule is CC1C=C(n2c3ccc(-c4ccc5c(c4)c4cc6c(cc4n5-c4cccc(-c5nc(-c7ccccc7)nc(-c7ccccc7)n5)c4)C4C5C7C=CC6C=CC745)cc3c3cc4c(cc32)C(C)(C)c2ccccc2-4)C=CC1. The summed E-state index contributed by atoms with van der Waals surface area (Å²) < 4.78 is 5.04. The standard InChI is InChI=1S/C70H51N5/c1-40-14-12-20-47(32-40)74-60-28-25-45(35-53(60)55-37-51-49-22-10-11-23-57(49)69(2,3)59(51)39-63(55)74)44-26-29-61-52(34-44)54-36-50-41-24-27-58-65-64(70(58,65)31-30-41)56(50)38-62(54)75(61)48-21-13-19-46(33-48)68-72-66(42-15-6-4-7-16-42)71-67(73-68)43-17-8-5-9-18-43/h4-13,15-41,58,64-65H,14H2,1-3H3. The van der Waals surface area contributed by atoms with Crippen LogP contribution in [0, 0.1) is 23.2 Å². The maximum atomic E-state index is 5.16. The highest BCUT2D eigenvalue weighted by Crippen LogP contribution is 2.90. The molecule has 356 valence electrons. The van der Waals surface area contributed by atoms with Crippen molar-refractivity contribution in [1.82, 2.24) is 24.1 Å². The van der Waals surface area contributed by atoms with E-state index >= 15 is 0 Å². The van der Waals surface area contributed by atoms with Crippen LogP contribution in [-0.2, 0) is 5.41 Å². The van der Waals surface area contributed by atoms with E-state index in [2.05, 4.69) is 206 Å². The van der Waals surface area contributed by atoms with E-state index in [9.17, 15) is 0 Å². The summed E-state index contributed by atoms with van der Waals surface area (Å²) in [6, 6.07) is 62.8. The quantitative estimate of drug-likeness (QED) is 0.156. The summed E-state index contributed by atoms with van der Waals surface area (Å²) in [4.78, 5) is 15.3. The third-order valence-corrected chi connectivity index (χ3v) is 18.4. The molecule has 2 saturated carbocycles. The van der Waals surface area contributed by atoms with Crippen LogP contribution in [0.25, 0.3) is 111 Å². The molecule has 11 aromatic rings. The molecule has 6 aliphatic rings. The highest BCUT2D eigenvalue weighted by atomic mass is 15.0. The highest BCUT2D eigenvalue weighted by molar-refractivity contribution is 6.15. The number of rotatable bonds is 6. The Morgan fingerprint density at radius 2 is 1.13 bits per heavy atom. The Morgan fingerprint density at radius 1 is 0.493 bits per heavy atom. The van der Waals surface area contributed by atoms with Gasteiger partial charge in [-0.1, -0.05) is 166 Å². The minimum atomic E-state index is -0.0953. The van der Waals surface area contributed by atoms with Gasteiger partial charge in [-0.2, -0.15) is 0 Å². The second kappa shape index (κ2) is 14.8. The van der Waals surface area contributed by atoms with Gasteiger partial charge in [-0.05, 0) is 141 Å². The summed E-state index contributed by atoms with van der Waals surface area (Å²) in [5.74, 6) is 4.70.